The molecule has 0 radical (unpaired) electrons. The molecule has 0 heterocycles. The second-order valence-electron chi connectivity index (χ2n) is 2.39. The van der Waals surface area contributed by atoms with E-state index in [1.54, 1.807) is 6.92 Å². The van der Waals surface area contributed by atoms with Crippen molar-refractivity contribution in [1.82, 2.24) is 0 Å². The third-order valence-corrected chi connectivity index (χ3v) is 1.51. The molecule has 0 rings (SSSR count). The number of oxime groups is 1. The lowest BCUT2D eigenvalue weighted by atomic mass is 10.2. The van der Waals surface area contributed by atoms with Gasteiger partial charge in [0.25, 0.3) is 0 Å². The van der Waals surface area contributed by atoms with Gasteiger partial charge < -0.3 is 4.84 Å². The average Bonchev–Trinajstić information content (AvgIpc) is 1.99. The zero-order valence-electron chi connectivity index (χ0n) is 6.93. The van der Waals surface area contributed by atoms with Crippen molar-refractivity contribution < 1.29 is 9.63 Å². The van der Waals surface area contributed by atoms with Gasteiger partial charge in [-0.1, -0.05) is 37.5 Å². The smallest absolute Gasteiger partial charge is 0.317 e. The molecule has 0 unspecified atom stereocenters. The molecule has 0 bridgehead atoms. The summed E-state index contributed by atoms with van der Waals surface area (Å²) >= 11 is 5.59. The molecule has 0 atom stereocenters. The van der Waals surface area contributed by atoms with Gasteiger partial charge in [-0.3, -0.25) is 0 Å². The van der Waals surface area contributed by atoms with Gasteiger partial charge in [0.1, 0.15) is 5.17 Å². The van der Waals surface area contributed by atoms with E-state index < -0.39 is 0 Å². The van der Waals surface area contributed by atoms with Gasteiger partial charge >= 0.3 is 5.97 Å². The molecule has 0 spiro atoms. The largest absolute Gasteiger partial charge is 0.334 e. The summed E-state index contributed by atoms with van der Waals surface area (Å²) in [5.74, 6) is -0.273. The topological polar surface area (TPSA) is 38.7 Å². The molecular formula is C7H12ClNO2. The van der Waals surface area contributed by atoms with E-state index in [9.17, 15) is 4.79 Å². The number of carbonyl (C=O) groups is 1. The van der Waals surface area contributed by atoms with Crippen LogP contribution >= 0.6 is 11.6 Å². The second-order valence-corrected chi connectivity index (χ2v) is 2.77. The summed E-state index contributed by atoms with van der Waals surface area (Å²) < 4.78 is 0. The van der Waals surface area contributed by atoms with Crippen LogP contribution in [0.1, 0.15) is 27.2 Å². The van der Waals surface area contributed by atoms with Crippen molar-refractivity contribution >= 4 is 22.7 Å². The van der Waals surface area contributed by atoms with Crippen LogP contribution in [-0.4, -0.2) is 11.1 Å². The molecule has 0 amide bonds. The third kappa shape index (κ3) is 4.79. The van der Waals surface area contributed by atoms with Crippen LogP contribution in [0.2, 0.25) is 0 Å². The van der Waals surface area contributed by atoms with Crippen LogP contribution in [-0.2, 0) is 9.63 Å². The van der Waals surface area contributed by atoms with Crippen LogP contribution < -0.4 is 0 Å². The van der Waals surface area contributed by atoms with Crippen LogP contribution in [0.15, 0.2) is 5.16 Å². The van der Waals surface area contributed by atoms with Crippen molar-refractivity contribution in [3.63, 3.8) is 0 Å². The van der Waals surface area contributed by atoms with E-state index in [-0.39, 0.29) is 11.9 Å². The monoisotopic (exact) mass is 177 g/mol. The van der Waals surface area contributed by atoms with Gasteiger partial charge in [0.05, 0.1) is 0 Å². The Morgan fingerprint density at radius 3 is 2.55 bits per heavy atom. The maximum Gasteiger partial charge on any atom is 0.334 e. The van der Waals surface area contributed by atoms with Crippen LogP contribution in [0.25, 0.3) is 0 Å². The van der Waals surface area contributed by atoms with Gasteiger partial charge in [-0.15, -0.1) is 0 Å². The van der Waals surface area contributed by atoms with E-state index in [4.69, 9.17) is 11.6 Å². The first-order chi connectivity index (χ1) is 5.07. The summed E-state index contributed by atoms with van der Waals surface area (Å²) in [6.07, 6.45) is 0.311. The number of nitrogens with zero attached hydrogens (tertiary/aromatic N) is 1. The summed E-state index contributed by atoms with van der Waals surface area (Å²) in [4.78, 5) is 15.0. The fourth-order valence-corrected chi connectivity index (χ4v) is 0.299. The molecule has 3 nitrogen and oxygen atoms in total. The SMILES string of the molecule is CCC(=O)O/N=C(\Cl)C(C)C. The predicted octanol–water partition coefficient (Wildman–Crippen LogP) is 2.15. The molecule has 0 aromatic rings. The second kappa shape index (κ2) is 5.13. The number of carbonyl (C=O) groups excluding carboxylic acids is 1. The van der Waals surface area contributed by atoms with E-state index in [1.807, 2.05) is 13.8 Å². The summed E-state index contributed by atoms with van der Waals surface area (Å²) in [6, 6.07) is 0. The fraction of sp³-hybridized carbons (Fsp3) is 0.714. The van der Waals surface area contributed by atoms with E-state index in [1.165, 1.54) is 0 Å². The summed E-state index contributed by atoms with van der Waals surface area (Å²) in [5.41, 5.74) is 0. The molecule has 11 heavy (non-hydrogen) atoms. The molecule has 0 saturated heterocycles. The van der Waals surface area contributed by atoms with Crippen molar-refractivity contribution in [2.45, 2.75) is 27.2 Å². The quantitative estimate of drug-likeness (QED) is 0.377. The summed E-state index contributed by atoms with van der Waals surface area (Å²) in [5, 5.41) is 3.74. The summed E-state index contributed by atoms with van der Waals surface area (Å²) in [7, 11) is 0. The van der Waals surface area contributed by atoms with Crippen LogP contribution in [0, 0.1) is 5.92 Å². The van der Waals surface area contributed by atoms with Crippen molar-refractivity contribution in [3.05, 3.63) is 0 Å². The molecule has 0 aromatic heterocycles. The van der Waals surface area contributed by atoms with Crippen LogP contribution in [0.4, 0.5) is 0 Å². The fourth-order valence-electron chi connectivity index (χ4n) is 0.264. The lowest BCUT2D eigenvalue weighted by molar-refractivity contribution is -0.143. The van der Waals surface area contributed by atoms with Crippen LogP contribution in [0.3, 0.4) is 0 Å². The Kier molecular flexibility index (Phi) is 4.86. The molecule has 0 N–H and O–H groups in total. The molecule has 0 aromatic carbocycles. The minimum Gasteiger partial charge on any atom is -0.317 e. The van der Waals surface area contributed by atoms with Gasteiger partial charge in [-0.2, -0.15) is 0 Å². The third-order valence-electron chi connectivity index (χ3n) is 1.000. The Bertz CT molecular complexity index is 166. The molecule has 0 aliphatic heterocycles. The number of hydrogen-bond acceptors (Lipinski definition) is 3. The minimum atomic E-state index is -0.371. The first kappa shape index (κ1) is 10.4. The van der Waals surface area contributed by atoms with Gasteiger partial charge in [-0.25, -0.2) is 4.79 Å². The number of rotatable bonds is 3. The summed E-state index contributed by atoms with van der Waals surface area (Å²) in [6.45, 7) is 5.43. The van der Waals surface area contributed by atoms with Gasteiger partial charge in [0.15, 0.2) is 0 Å². The lowest BCUT2D eigenvalue weighted by Crippen LogP contribution is -2.03. The Hall–Kier alpha value is -0.570. The lowest BCUT2D eigenvalue weighted by Gasteiger charge is -1.99. The molecule has 0 aliphatic rings. The van der Waals surface area contributed by atoms with E-state index in [2.05, 4.69) is 9.99 Å². The predicted molar refractivity (Wildman–Crippen MR) is 44.5 cm³/mol. The standard InChI is InChI=1S/C7H12ClNO2/c1-4-6(10)11-9-7(8)5(2)3/h5H,4H2,1-3H3/b9-7-. The molecule has 4 heteroatoms. The highest BCUT2D eigenvalue weighted by atomic mass is 35.5. The van der Waals surface area contributed by atoms with Gasteiger partial charge in [0, 0.05) is 12.3 Å². The van der Waals surface area contributed by atoms with Gasteiger partial charge in [0.2, 0.25) is 0 Å². The average molecular weight is 178 g/mol. The zero-order valence-corrected chi connectivity index (χ0v) is 7.68. The Balaban J connectivity index is 3.82. The normalized spacial score (nSPS) is 11.9. The van der Waals surface area contributed by atoms with E-state index >= 15 is 0 Å². The first-order valence-corrected chi connectivity index (χ1v) is 3.89. The Morgan fingerprint density at radius 1 is 1.64 bits per heavy atom. The van der Waals surface area contributed by atoms with Gasteiger partial charge in [-0.05, 0) is 0 Å². The maximum atomic E-state index is 10.6. The molecular weight excluding hydrogens is 166 g/mol. The van der Waals surface area contributed by atoms with Crippen molar-refractivity contribution in [1.29, 1.82) is 0 Å². The molecule has 0 saturated carbocycles. The van der Waals surface area contributed by atoms with Crippen molar-refractivity contribution in [2.75, 3.05) is 0 Å². The number of hydrogen-bond donors (Lipinski definition) is 0. The highest BCUT2D eigenvalue weighted by Crippen LogP contribution is 2.02. The Labute approximate surface area is 71.4 Å². The maximum absolute atomic E-state index is 10.6. The van der Waals surface area contributed by atoms with E-state index in [0.29, 0.717) is 11.6 Å². The van der Waals surface area contributed by atoms with Crippen molar-refractivity contribution in [3.8, 4) is 0 Å². The molecule has 64 valence electrons. The highest BCUT2D eigenvalue weighted by Gasteiger charge is 2.02. The van der Waals surface area contributed by atoms with E-state index in [0.717, 1.165) is 0 Å². The molecule has 0 aliphatic carbocycles. The zero-order chi connectivity index (χ0) is 8.85. The number of halogens is 1. The van der Waals surface area contributed by atoms with Crippen molar-refractivity contribution in [2.24, 2.45) is 11.1 Å². The Morgan fingerprint density at radius 2 is 2.18 bits per heavy atom. The highest BCUT2D eigenvalue weighted by molar-refractivity contribution is 6.65. The molecule has 0 fully saturated rings. The van der Waals surface area contributed by atoms with Crippen LogP contribution in [0.5, 0.6) is 0 Å². The minimum absolute atomic E-state index is 0.0984. The first-order valence-electron chi connectivity index (χ1n) is 3.51.